The molecular formula is C11H10FNO2. The van der Waals surface area contributed by atoms with Gasteiger partial charge in [0.1, 0.15) is 5.82 Å². The van der Waals surface area contributed by atoms with E-state index >= 15 is 0 Å². The van der Waals surface area contributed by atoms with E-state index in [1.165, 1.54) is 18.2 Å². The summed E-state index contributed by atoms with van der Waals surface area (Å²) in [5.74, 6) is 3.63. The summed E-state index contributed by atoms with van der Waals surface area (Å²) in [5.41, 5.74) is 5.85. The maximum absolute atomic E-state index is 13.1. The average Bonchev–Trinajstić information content (AvgIpc) is 2.18. The van der Waals surface area contributed by atoms with Crippen molar-refractivity contribution in [2.45, 2.75) is 6.42 Å². The fourth-order valence-electron chi connectivity index (χ4n) is 1.10. The van der Waals surface area contributed by atoms with Crippen molar-refractivity contribution >= 4 is 5.97 Å². The van der Waals surface area contributed by atoms with Crippen molar-refractivity contribution < 1.29 is 14.3 Å². The number of carboxylic acid groups (broad SMARTS) is 1. The number of aliphatic carboxylic acids is 1. The number of carbonyl (C=O) groups is 1. The first kappa shape index (κ1) is 11.2. The lowest BCUT2D eigenvalue weighted by atomic mass is 10.1. The largest absolute Gasteiger partial charge is 0.481 e. The molecule has 0 heterocycles. The van der Waals surface area contributed by atoms with Gasteiger partial charge in [0.25, 0.3) is 0 Å². The first-order valence-electron chi connectivity index (χ1n) is 4.32. The Morgan fingerprint density at radius 2 is 2.27 bits per heavy atom. The number of carboxylic acids is 1. The van der Waals surface area contributed by atoms with Crippen molar-refractivity contribution in [2.75, 3.05) is 6.54 Å². The van der Waals surface area contributed by atoms with Crippen molar-refractivity contribution in [3.63, 3.8) is 0 Å². The van der Waals surface area contributed by atoms with Crippen LogP contribution in [0.5, 0.6) is 0 Å². The normalized spacial score (nSPS) is 9.20. The minimum Gasteiger partial charge on any atom is -0.481 e. The third kappa shape index (κ3) is 3.41. The summed E-state index contributed by atoms with van der Waals surface area (Å²) in [4.78, 5) is 10.4. The van der Waals surface area contributed by atoms with Crippen molar-refractivity contribution in [2.24, 2.45) is 5.73 Å². The Morgan fingerprint density at radius 3 is 2.87 bits per heavy atom. The number of nitrogens with two attached hydrogens (primary N) is 1. The molecule has 0 radical (unpaired) electrons. The van der Waals surface area contributed by atoms with Gasteiger partial charge < -0.3 is 10.8 Å². The maximum atomic E-state index is 13.1. The summed E-state index contributed by atoms with van der Waals surface area (Å²) in [7, 11) is 0. The van der Waals surface area contributed by atoms with Gasteiger partial charge in [0.2, 0.25) is 0 Å². The molecule has 1 aromatic carbocycles. The molecule has 0 bridgehead atoms. The number of hydrogen-bond acceptors (Lipinski definition) is 2. The molecule has 0 aliphatic heterocycles. The molecule has 0 aliphatic carbocycles. The van der Waals surface area contributed by atoms with Crippen molar-refractivity contribution in [1.29, 1.82) is 0 Å². The lowest BCUT2D eigenvalue weighted by molar-refractivity contribution is -0.136. The molecule has 78 valence electrons. The van der Waals surface area contributed by atoms with Crippen LogP contribution >= 0.6 is 0 Å². The van der Waals surface area contributed by atoms with Gasteiger partial charge in [0.15, 0.2) is 0 Å². The Morgan fingerprint density at radius 1 is 1.53 bits per heavy atom. The predicted molar refractivity (Wildman–Crippen MR) is 53.7 cm³/mol. The lowest BCUT2D eigenvalue weighted by Crippen LogP contribution is -2.01. The Hall–Kier alpha value is -1.86. The Bertz CT molecular complexity index is 432. The first-order valence-corrected chi connectivity index (χ1v) is 4.32. The van der Waals surface area contributed by atoms with Gasteiger partial charge in [-0.15, -0.1) is 0 Å². The maximum Gasteiger partial charge on any atom is 0.307 e. The van der Waals surface area contributed by atoms with E-state index in [-0.39, 0.29) is 18.5 Å². The van der Waals surface area contributed by atoms with Crippen LogP contribution in [0.2, 0.25) is 0 Å². The Labute approximate surface area is 86.7 Å². The molecule has 0 saturated carbocycles. The molecule has 0 saturated heterocycles. The highest BCUT2D eigenvalue weighted by Gasteiger charge is 2.04. The van der Waals surface area contributed by atoms with Crippen LogP contribution < -0.4 is 5.73 Å². The molecule has 1 aromatic rings. The number of hydrogen-bond donors (Lipinski definition) is 2. The minimum atomic E-state index is -0.959. The second kappa shape index (κ2) is 5.13. The van der Waals surface area contributed by atoms with E-state index in [1.54, 1.807) is 0 Å². The molecule has 3 nitrogen and oxygen atoms in total. The highest BCUT2D eigenvalue weighted by Crippen LogP contribution is 2.10. The first-order chi connectivity index (χ1) is 7.13. The van der Waals surface area contributed by atoms with E-state index in [0.717, 1.165) is 0 Å². The molecule has 3 N–H and O–H groups in total. The predicted octanol–water partition coefficient (Wildman–Crippen LogP) is 0.763. The van der Waals surface area contributed by atoms with Gasteiger partial charge >= 0.3 is 5.97 Å². The van der Waals surface area contributed by atoms with Gasteiger partial charge in [-0.3, -0.25) is 4.79 Å². The van der Waals surface area contributed by atoms with Gasteiger partial charge in [-0.1, -0.05) is 17.9 Å². The van der Waals surface area contributed by atoms with Crippen LogP contribution in [0.1, 0.15) is 11.1 Å². The summed E-state index contributed by atoms with van der Waals surface area (Å²) in [6.45, 7) is 0.141. The molecule has 4 heteroatoms. The molecule has 0 aliphatic rings. The molecule has 15 heavy (non-hydrogen) atoms. The zero-order chi connectivity index (χ0) is 11.3. The molecule has 0 aromatic heterocycles. The third-order valence-electron chi connectivity index (χ3n) is 1.71. The second-order valence-corrected chi connectivity index (χ2v) is 2.89. The molecule has 0 amide bonds. The van der Waals surface area contributed by atoms with Crippen LogP contribution in [0.15, 0.2) is 18.2 Å². The molecule has 0 fully saturated rings. The molecule has 1 rings (SSSR count). The van der Waals surface area contributed by atoms with Crippen LogP contribution in [0, 0.1) is 17.7 Å². The third-order valence-corrected chi connectivity index (χ3v) is 1.71. The SMILES string of the molecule is NCC#Cc1cc(CC(=O)O)ccc1F. The van der Waals surface area contributed by atoms with Crippen LogP contribution in [-0.4, -0.2) is 17.6 Å². The topological polar surface area (TPSA) is 63.3 Å². The molecule has 0 unspecified atom stereocenters. The summed E-state index contributed by atoms with van der Waals surface area (Å²) >= 11 is 0. The fourth-order valence-corrected chi connectivity index (χ4v) is 1.10. The fraction of sp³-hybridized carbons (Fsp3) is 0.182. The van der Waals surface area contributed by atoms with Gasteiger partial charge in [0.05, 0.1) is 18.5 Å². The molecular weight excluding hydrogens is 197 g/mol. The molecule has 0 atom stereocenters. The summed E-state index contributed by atoms with van der Waals surface area (Å²) in [6.07, 6.45) is -0.141. The van der Waals surface area contributed by atoms with E-state index in [0.29, 0.717) is 5.56 Å². The van der Waals surface area contributed by atoms with E-state index in [9.17, 15) is 9.18 Å². The number of halogens is 1. The van der Waals surface area contributed by atoms with Crippen LogP contribution in [0.25, 0.3) is 0 Å². The summed E-state index contributed by atoms with van der Waals surface area (Å²) < 4.78 is 13.1. The summed E-state index contributed by atoms with van der Waals surface area (Å²) in [5, 5.41) is 8.55. The van der Waals surface area contributed by atoms with E-state index < -0.39 is 11.8 Å². The van der Waals surface area contributed by atoms with Crippen LogP contribution in [0.3, 0.4) is 0 Å². The Kier molecular flexibility index (Phi) is 3.83. The minimum absolute atomic E-state index is 0.141. The highest BCUT2D eigenvalue weighted by atomic mass is 19.1. The van der Waals surface area contributed by atoms with Crippen LogP contribution in [-0.2, 0) is 11.2 Å². The highest BCUT2D eigenvalue weighted by molar-refractivity contribution is 5.70. The Balaban J connectivity index is 2.99. The zero-order valence-electron chi connectivity index (χ0n) is 7.96. The van der Waals surface area contributed by atoms with Gasteiger partial charge in [-0.05, 0) is 17.7 Å². The smallest absolute Gasteiger partial charge is 0.307 e. The van der Waals surface area contributed by atoms with E-state index in [2.05, 4.69) is 11.8 Å². The summed E-state index contributed by atoms with van der Waals surface area (Å²) in [6, 6.07) is 4.06. The molecule has 0 spiro atoms. The zero-order valence-corrected chi connectivity index (χ0v) is 7.96. The standard InChI is InChI=1S/C11H10FNO2/c12-10-4-3-8(7-11(14)15)6-9(10)2-1-5-13/h3-4,6H,5,7,13H2,(H,14,15). The van der Waals surface area contributed by atoms with Gasteiger partial charge in [-0.25, -0.2) is 4.39 Å². The van der Waals surface area contributed by atoms with E-state index in [4.69, 9.17) is 10.8 Å². The monoisotopic (exact) mass is 207 g/mol. The van der Waals surface area contributed by atoms with Crippen molar-refractivity contribution in [3.05, 3.63) is 35.1 Å². The number of benzene rings is 1. The second-order valence-electron chi connectivity index (χ2n) is 2.89. The van der Waals surface area contributed by atoms with Crippen molar-refractivity contribution in [3.8, 4) is 11.8 Å². The quantitative estimate of drug-likeness (QED) is 0.704. The lowest BCUT2D eigenvalue weighted by Gasteiger charge is -1.99. The van der Waals surface area contributed by atoms with E-state index in [1.807, 2.05) is 0 Å². The van der Waals surface area contributed by atoms with Crippen molar-refractivity contribution in [1.82, 2.24) is 0 Å². The van der Waals surface area contributed by atoms with Crippen LogP contribution in [0.4, 0.5) is 4.39 Å². The van der Waals surface area contributed by atoms with Gasteiger partial charge in [0, 0.05) is 0 Å². The number of rotatable bonds is 2. The average molecular weight is 207 g/mol. The van der Waals surface area contributed by atoms with Gasteiger partial charge in [-0.2, -0.15) is 0 Å².